The lowest BCUT2D eigenvalue weighted by Crippen LogP contribution is -2.06. The standard InChI is InChI=1S/C18H19NO3/c1-2-3-6-11-22-18(21)17-14-7-4-5-8-15(14)19-12-13(20)9-10-16(17)19/h4-5,7-10,12,20H,2-3,6,11H2,1H3. The summed E-state index contributed by atoms with van der Waals surface area (Å²) in [5.74, 6) is -0.142. The molecule has 4 nitrogen and oxygen atoms in total. The first-order valence-electron chi connectivity index (χ1n) is 7.61. The Kier molecular flexibility index (Phi) is 4.00. The number of rotatable bonds is 5. The van der Waals surface area contributed by atoms with Gasteiger partial charge in [0.05, 0.1) is 29.4 Å². The van der Waals surface area contributed by atoms with Gasteiger partial charge in [-0.2, -0.15) is 0 Å². The second-order valence-electron chi connectivity index (χ2n) is 5.38. The van der Waals surface area contributed by atoms with Gasteiger partial charge in [-0.25, -0.2) is 4.79 Å². The molecule has 0 atom stereocenters. The van der Waals surface area contributed by atoms with Gasteiger partial charge in [-0.15, -0.1) is 0 Å². The monoisotopic (exact) mass is 297 g/mol. The maximum absolute atomic E-state index is 12.5. The van der Waals surface area contributed by atoms with Crippen molar-refractivity contribution in [3.63, 3.8) is 0 Å². The molecule has 1 N–H and O–H groups in total. The van der Waals surface area contributed by atoms with E-state index in [-0.39, 0.29) is 11.7 Å². The Labute approximate surface area is 128 Å². The van der Waals surface area contributed by atoms with Crippen LogP contribution in [0.3, 0.4) is 0 Å². The summed E-state index contributed by atoms with van der Waals surface area (Å²) in [6.45, 7) is 2.56. The van der Waals surface area contributed by atoms with Crippen LogP contribution in [0.15, 0.2) is 42.6 Å². The van der Waals surface area contributed by atoms with Gasteiger partial charge in [-0.1, -0.05) is 38.0 Å². The van der Waals surface area contributed by atoms with Crippen molar-refractivity contribution in [1.29, 1.82) is 0 Å². The predicted octanol–water partition coefficient (Wildman–Crippen LogP) is 4.15. The van der Waals surface area contributed by atoms with Crippen LogP contribution in [-0.2, 0) is 4.74 Å². The van der Waals surface area contributed by atoms with E-state index in [0.29, 0.717) is 12.2 Å². The predicted molar refractivity (Wildman–Crippen MR) is 86.4 cm³/mol. The van der Waals surface area contributed by atoms with E-state index in [1.54, 1.807) is 18.3 Å². The van der Waals surface area contributed by atoms with Gasteiger partial charge in [0.25, 0.3) is 0 Å². The fraction of sp³-hybridized carbons (Fsp3) is 0.278. The summed E-state index contributed by atoms with van der Waals surface area (Å²) >= 11 is 0. The maximum Gasteiger partial charge on any atom is 0.340 e. The number of pyridine rings is 1. The zero-order chi connectivity index (χ0) is 15.5. The highest BCUT2D eigenvalue weighted by Crippen LogP contribution is 2.29. The lowest BCUT2D eigenvalue weighted by Gasteiger charge is -2.04. The number of nitrogens with zero attached hydrogens (tertiary/aromatic N) is 1. The van der Waals surface area contributed by atoms with Crippen LogP contribution >= 0.6 is 0 Å². The van der Waals surface area contributed by atoms with E-state index in [4.69, 9.17) is 4.74 Å². The first-order valence-corrected chi connectivity index (χ1v) is 7.61. The summed E-state index contributed by atoms with van der Waals surface area (Å²) in [5, 5.41) is 10.5. The third-order valence-corrected chi connectivity index (χ3v) is 3.81. The number of hydrogen-bond donors (Lipinski definition) is 1. The number of esters is 1. The maximum atomic E-state index is 12.5. The van der Waals surface area contributed by atoms with E-state index in [1.807, 2.05) is 28.7 Å². The molecule has 0 aliphatic heterocycles. The topological polar surface area (TPSA) is 50.9 Å². The number of ether oxygens (including phenoxy) is 1. The second-order valence-corrected chi connectivity index (χ2v) is 5.38. The first-order chi connectivity index (χ1) is 10.7. The van der Waals surface area contributed by atoms with Crippen LogP contribution in [0.25, 0.3) is 16.4 Å². The second kappa shape index (κ2) is 6.10. The molecule has 2 heterocycles. The van der Waals surface area contributed by atoms with Crippen LogP contribution in [0.2, 0.25) is 0 Å². The number of fused-ring (bicyclic) bond motifs is 3. The Balaban J connectivity index is 2.05. The van der Waals surface area contributed by atoms with Gasteiger partial charge in [0.1, 0.15) is 5.75 Å². The number of unbranched alkanes of at least 4 members (excludes halogenated alkanes) is 2. The van der Waals surface area contributed by atoms with E-state index in [2.05, 4.69) is 6.92 Å². The number of aromatic nitrogens is 1. The molecule has 0 amide bonds. The molecule has 0 aliphatic carbocycles. The molecule has 3 rings (SSSR count). The van der Waals surface area contributed by atoms with Crippen molar-refractivity contribution in [3.8, 4) is 5.75 Å². The van der Waals surface area contributed by atoms with Gasteiger partial charge in [0, 0.05) is 5.39 Å². The van der Waals surface area contributed by atoms with Crippen LogP contribution in [0.5, 0.6) is 5.75 Å². The number of benzene rings is 1. The van der Waals surface area contributed by atoms with Crippen molar-refractivity contribution in [3.05, 3.63) is 48.2 Å². The van der Waals surface area contributed by atoms with Gasteiger partial charge >= 0.3 is 5.97 Å². The molecule has 1 aromatic carbocycles. The van der Waals surface area contributed by atoms with Crippen molar-refractivity contribution in [1.82, 2.24) is 4.40 Å². The normalized spacial score (nSPS) is 11.1. The van der Waals surface area contributed by atoms with Gasteiger partial charge in [-0.05, 0) is 24.6 Å². The molecule has 3 aromatic rings. The lowest BCUT2D eigenvalue weighted by atomic mass is 10.1. The highest BCUT2D eigenvalue weighted by molar-refractivity contribution is 6.11. The van der Waals surface area contributed by atoms with Crippen LogP contribution in [0.1, 0.15) is 36.5 Å². The largest absolute Gasteiger partial charge is 0.506 e. The summed E-state index contributed by atoms with van der Waals surface area (Å²) in [6.07, 6.45) is 4.64. The molecule has 4 heteroatoms. The highest BCUT2D eigenvalue weighted by atomic mass is 16.5. The SMILES string of the molecule is CCCCCOC(=O)c1c2ccccc2n2cc(O)ccc12. The third kappa shape index (κ3) is 2.52. The van der Waals surface area contributed by atoms with Crippen molar-refractivity contribution in [2.75, 3.05) is 6.61 Å². The Morgan fingerprint density at radius 3 is 2.77 bits per heavy atom. The van der Waals surface area contributed by atoms with Crippen LogP contribution in [-0.4, -0.2) is 22.1 Å². The molecule has 0 aliphatic rings. The fourth-order valence-corrected chi connectivity index (χ4v) is 2.73. The molecule has 0 saturated carbocycles. The molecular formula is C18H19NO3. The molecule has 0 radical (unpaired) electrons. The number of carbonyl (C=O) groups excluding carboxylic acids is 1. The van der Waals surface area contributed by atoms with Crippen molar-refractivity contribution in [2.24, 2.45) is 0 Å². The van der Waals surface area contributed by atoms with E-state index in [0.717, 1.165) is 35.7 Å². The van der Waals surface area contributed by atoms with Gasteiger partial charge in [0.15, 0.2) is 0 Å². The average Bonchev–Trinajstić information content (AvgIpc) is 2.85. The molecule has 0 fully saturated rings. The number of aromatic hydroxyl groups is 1. The van der Waals surface area contributed by atoms with Gasteiger partial charge in [0.2, 0.25) is 0 Å². The molecular weight excluding hydrogens is 278 g/mol. The zero-order valence-electron chi connectivity index (χ0n) is 12.6. The van der Waals surface area contributed by atoms with E-state index in [9.17, 15) is 9.90 Å². The minimum Gasteiger partial charge on any atom is -0.506 e. The van der Waals surface area contributed by atoms with E-state index in [1.165, 1.54) is 0 Å². The summed E-state index contributed by atoms with van der Waals surface area (Å²) < 4.78 is 7.25. The Morgan fingerprint density at radius 1 is 1.14 bits per heavy atom. The van der Waals surface area contributed by atoms with Crippen molar-refractivity contribution in [2.45, 2.75) is 26.2 Å². The molecule has 0 bridgehead atoms. The average molecular weight is 297 g/mol. The summed E-state index contributed by atoms with van der Waals surface area (Å²) in [7, 11) is 0. The van der Waals surface area contributed by atoms with E-state index >= 15 is 0 Å². The van der Waals surface area contributed by atoms with Gasteiger partial charge in [-0.3, -0.25) is 0 Å². The summed E-state index contributed by atoms with van der Waals surface area (Å²) in [6, 6.07) is 11.0. The summed E-state index contributed by atoms with van der Waals surface area (Å²) in [4.78, 5) is 12.5. The highest BCUT2D eigenvalue weighted by Gasteiger charge is 2.19. The third-order valence-electron chi connectivity index (χ3n) is 3.81. The minimum absolute atomic E-state index is 0.163. The van der Waals surface area contributed by atoms with Crippen LogP contribution in [0, 0.1) is 0 Å². The van der Waals surface area contributed by atoms with Gasteiger partial charge < -0.3 is 14.2 Å². The smallest absolute Gasteiger partial charge is 0.340 e. The van der Waals surface area contributed by atoms with E-state index < -0.39 is 0 Å². The Morgan fingerprint density at radius 2 is 1.95 bits per heavy atom. The zero-order valence-corrected chi connectivity index (χ0v) is 12.6. The van der Waals surface area contributed by atoms with Crippen molar-refractivity contribution < 1.29 is 14.6 Å². The number of carbonyl (C=O) groups is 1. The number of hydrogen-bond acceptors (Lipinski definition) is 3. The first kappa shape index (κ1) is 14.4. The molecule has 0 saturated heterocycles. The molecule has 0 spiro atoms. The molecule has 22 heavy (non-hydrogen) atoms. The molecule has 0 unspecified atom stereocenters. The minimum atomic E-state index is -0.305. The quantitative estimate of drug-likeness (QED) is 0.568. The Bertz CT molecular complexity index is 820. The van der Waals surface area contributed by atoms with Crippen LogP contribution in [0.4, 0.5) is 0 Å². The lowest BCUT2D eigenvalue weighted by molar-refractivity contribution is 0.0502. The van der Waals surface area contributed by atoms with Crippen LogP contribution < -0.4 is 0 Å². The molecule has 114 valence electrons. The fourth-order valence-electron chi connectivity index (χ4n) is 2.73. The number of para-hydroxylation sites is 1. The molecule has 2 aromatic heterocycles. The Hall–Kier alpha value is -2.49. The summed E-state index contributed by atoms with van der Waals surface area (Å²) in [5.41, 5.74) is 2.19. The van der Waals surface area contributed by atoms with Crippen molar-refractivity contribution >= 4 is 22.4 Å².